The lowest BCUT2D eigenvalue weighted by molar-refractivity contribution is -0.158. The molecule has 0 radical (unpaired) electrons. The number of hydrogen-bond donors (Lipinski definition) is 0. The molecular weight excluding hydrogens is 308 g/mol. The third kappa shape index (κ3) is 2.35. The number of hydrogen-bond acceptors (Lipinski definition) is 2. The van der Waals surface area contributed by atoms with Gasteiger partial charge in [0.05, 0.1) is 0 Å². The van der Waals surface area contributed by atoms with E-state index in [1.807, 2.05) is 0 Å². The van der Waals surface area contributed by atoms with Gasteiger partial charge in [-0.1, -0.05) is 26.8 Å². The van der Waals surface area contributed by atoms with Gasteiger partial charge in [0.2, 0.25) is 0 Å². The molecule has 0 bridgehead atoms. The van der Waals surface area contributed by atoms with Crippen molar-refractivity contribution >= 4 is 11.6 Å². The Kier molecular flexibility index (Phi) is 4.05. The Morgan fingerprint density at radius 3 is 2.48 bits per heavy atom. The fourth-order valence-electron chi connectivity index (χ4n) is 7.91. The minimum atomic E-state index is 0.0173. The molecule has 0 aromatic carbocycles. The lowest BCUT2D eigenvalue weighted by Crippen LogP contribution is -2.56. The van der Waals surface area contributed by atoms with E-state index < -0.39 is 0 Å². The first-order valence-electron chi connectivity index (χ1n) is 10.5. The largest absolute Gasteiger partial charge is 0.300 e. The maximum atomic E-state index is 13.0. The van der Waals surface area contributed by atoms with Gasteiger partial charge in [0.1, 0.15) is 11.6 Å². The van der Waals surface area contributed by atoms with Crippen LogP contribution < -0.4 is 0 Å². The average molecular weight is 343 g/mol. The predicted octanol–water partition coefficient (Wildman–Crippen LogP) is 5.22. The Morgan fingerprint density at radius 2 is 1.76 bits per heavy atom. The van der Waals surface area contributed by atoms with E-state index in [-0.39, 0.29) is 11.3 Å². The van der Waals surface area contributed by atoms with Crippen LogP contribution in [0.25, 0.3) is 0 Å². The van der Waals surface area contributed by atoms with Crippen molar-refractivity contribution in [3.05, 3.63) is 12.7 Å². The molecule has 0 N–H and O–H groups in total. The number of fused-ring (bicyclic) bond motifs is 5. The minimum absolute atomic E-state index is 0.0173. The molecular formula is C23H34O2. The first kappa shape index (κ1) is 17.5. The van der Waals surface area contributed by atoms with Crippen LogP contribution >= 0.6 is 0 Å². The van der Waals surface area contributed by atoms with Crippen LogP contribution in [0.15, 0.2) is 12.7 Å². The van der Waals surface area contributed by atoms with Crippen LogP contribution in [0.4, 0.5) is 0 Å². The van der Waals surface area contributed by atoms with Gasteiger partial charge in [0, 0.05) is 25.2 Å². The molecule has 2 nitrogen and oxygen atoms in total. The Labute approximate surface area is 152 Å². The Bertz CT molecular complexity index is 607. The molecule has 0 aliphatic heterocycles. The first-order chi connectivity index (χ1) is 11.8. The molecule has 4 saturated carbocycles. The van der Waals surface area contributed by atoms with E-state index in [9.17, 15) is 9.59 Å². The maximum Gasteiger partial charge on any atom is 0.137 e. The highest BCUT2D eigenvalue weighted by Crippen LogP contribution is 2.67. The summed E-state index contributed by atoms with van der Waals surface area (Å²) in [6, 6.07) is 0. The van der Waals surface area contributed by atoms with Gasteiger partial charge in [0.25, 0.3) is 0 Å². The molecule has 138 valence electrons. The van der Waals surface area contributed by atoms with E-state index in [1.54, 1.807) is 0 Å². The number of allylic oxidation sites excluding steroid dienone is 1. The number of carbonyl (C=O) groups excluding carboxylic acids is 2. The molecule has 4 aliphatic carbocycles. The zero-order chi connectivity index (χ0) is 18.0. The van der Waals surface area contributed by atoms with Crippen LogP contribution in [0, 0.1) is 46.3 Å². The number of rotatable bonds is 2. The van der Waals surface area contributed by atoms with Gasteiger partial charge >= 0.3 is 0 Å². The Balaban J connectivity index is 1.66. The van der Waals surface area contributed by atoms with E-state index >= 15 is 0 Å². The summed E-state index contributed by atoms with van der Waals surface area (Å²) < 4.78 is 0. The SMILES string of the molecule is C=C[C@@H](C)[C@H]1CC[C@H]2[C@@H]3CC(=O)[C@@H]4CC(=O)CC[C@]4(C)[C@H]3CC[C@]12C. The minimum Gasteiger partial charge on any atom is -0.300 e. The summed E-state index contributed by atoms with van der Waals surface area (Å²) in [6.45, 7) is 11.2. The molecule has 0 saturated heterocycles. The Hall–Kier alpha value is -0.920. The molecule has 0 amide bonds. The number of ketones is 2. The van der Waals surface area contributed by atoms with Gasteiger partial charge < -0.3 is 0 Å². The fraction of sp³-hybridized carbons (Fsp3) is 0.826. The summed E-state index contributed by atoms with van der Waals surface area (Å²) in [4.78, 5) is 25.0. The maximum absolute atomic E-state index is 13.0. The van der Waals surface area contributed by atoms with Crippen molar-refractivity contribution < 1.29 is 9.59 Å². The van der Waals surface area contributed by atoms with Gasteiger partial charge in [-0.2, -0.15) is 0 Å². The molecule has 4 fully saturated rings. The van der Waals surface area contributed by atoms with E-state index in [2.05, 4.69) is 33.4 Å². The third-order valence-electron chi connectivity index (χ3n) is 9.36. The second-order valence-electron chi connectivity index (χ2n) is 10.2. The van der Waals surface area contributed by atoms with E-state index in [1.165, 1.54) is 25.7 Å². The highest BCUT2D eigenvalue weighted by atomic mass is 16.1. The van der Waals surface area contributed by atoms with Gasteiger partial charge in [-0.05, 0) is 72.5 Å². The van der Waals surface area contributed by atoms with Crippen molar-refractivity contribution in [1.29, 1.82) is 0 Å². The predicted molar refractivity (Wildman–Crippen MR) is 100.0 cm³/mol. The topological polar surface area (TPSA) is 34.1 Å². The van der Waals surface area contributed by atoms with E-state index in [0.717, 1.165) is 18.8 Å². The first-order valence-corrected chi connectivity index (χ1v) is 10.5. The molecule has 0 unspecified atom stereocenters. The van der Waals surface area contributed by atoms with E-state index in [0.29, 0.717) is 53.5 Å². The smallest absolute Gasteiger partial charge is 0.137 e. The lowest BCUT2D eigenvalue weighted by atomic mass is 9.44. The molecule has 8 atom stereocenters. The molecule has 0 heterocycles. The summed E-state index contributed by atoms with van der Waals surface area (Å²) in [5, 5.41) is 0. The molecule has 4 rings (SSSR count). The van der Waals surface area contributed by atoms with Crippen LogP contribution in [0.1, 0.15) is 72.1 Å². The molecule has 2 heteroatoms. The molecule has 4 aliphatic rings. The molecule has 25 heavy (non-hydrogen) atoms. The van der Waals surface area contributed by atoms with Crippen molar-refractivity contribution in [2.24, 2.45) is 46.3 Å². The second-order valence-corrected chi connectivity index (χ2v) is 10.2. The normalized spacial score (nSPS) is 50.6. The van der Waals surface area contributed by atoms with Gasteiger partial charge in [0.15, 0.2) is 0 Å². The fourth-order valence-corrected chi connectivity index (χ4v) is 7.91. The molecule has 0 aromatic heterocycles. The lowest BCUT2D eigenvalue weighted by Gasteiger charge is -2.59. The van der Waals surface area contributed by atoms with E-state index in [4.69, 9.17) is 0 Å². The van der Waals surface area contributed by atoms with Crippen molar-refractivity contribution in [2.45, 2.75) is 72.1 Å². The quantitative estimate of drug-likeness (QED) is 0.645. The molecule has 0 aromatic rings. The van der Waals surface area contributed by atoms with Gasteiger partial charge in [-0.25, -0.2) is 0 Å². The van der Waals surface area contributed by atoms with Crippen LogP contribution in [-0.4, -0.2) is 11.6 Å². The number of Topliss-reactive ketones (excluding diaryl/α,β-unsaturated/α-hetero) is 2. The summed E-state index contributed by atoms with van der Waals surface area (Å²) in [5.41, 5.74) is 0.458. The monoisotopic (exact) mass is 342 g/mol. The molecule has 0 spiro atoms. The van der Waals surface area contributed by atoms with Crippen molar-refractivity contribution in [3.8, 4) is 0 Å². The summed E-state index contributed by atoms with van der Waals surface area (Å²) in [6.07, 6.45) is 10.2. The van der Waals surface area contributed by atoms with Crippen molar-refractivity contribution in [2.75, 3.05) is 0 Å². The van der Waals surface area contributed by atoms with Gasteiger partial charge in [-0.15, -0.1) is 6.58 Å². The number of carbonyl (C=O) groups is 2. The van der Waals surface area contributed by atoms with Crippen molar-refractivity contribution in [1.82, 2.24) is 0 Å². The van der Waals surface area contributed by atoms with Crippen LogP contribution in [0.3, 0.4) is 0 Å². The average Bonchev–Trinajstić information content (AvgIpc) is 2.93. The highest BCUT2D eigenvalue weighted by molar-refractivity contribution is 5.90. The van der Waals surface area contributed by atoms with Crippen LogP contribution in [0.5, 0.6) is 0 Å². The zero-order valence-electron chi connectivity index (χ0n) is 16.2. The standard InChI is InChI=1S/C23H34O2/c1-5-14(2)17-6-7-18-16-13-21(25)20-12-15(24)8-10-23(20,4)19(16)9-11-22(17,18)3/h5,14,16-20H,1,6-13H2,2-4H3/t14-,16+,17-,18+,19+,20+,22-,23-/m1/s1. The zero-order valence-corrected chi connectivity index (χ0v) is 16.2. The summed E-state index contributed by atoms with van der Waals surface area (Å²) in [5.74, 6) is 3.94. The third-order valence-corrected chi connectivity index (χ3v) is 9.36. The highest BCUT2D eigenvalue weighted by Gasteiger charge is 2.62. The van der Waals surface area contributed by atoms with Crippen LogP contribution in [0.2, 0.25) is 0 Å². The second kappa shape index (κ2) is 5.79. The van der Waals surface area contributed by atoms with Gasteiger partial charge in [-0.3, -0.25) is 9.59 Å². The Morgan fingerprint density at radius 1 is 1.04 bits per heavy atom. The van der Waals surface area contributed by atoms with Crippen LogP contribution in [-0.2, 0) is 9.59 Å². The summed E-state index contributed by atoms with van der Waals surface area (Å²) in [7, 11) is 0. The van der Waals surface area contributed by atoms with Crippen molar-refractivity contribution in [3.63, 3.8) is 0 Å². The summed E-state index contributed by atoms with van der Waals surface area (Å²) >= 11 is 0.